The Hall–Kier alpha value is -1.81. The van der Waals surface area contributed by atoms with Gasteiger partial charge in [-0.2, -0.15) is 5.26 Å². The number of hydrogen-bond acceptors (Lipinski definition) is 5. The van der Waals surface area contributed by atoms with Crippen LogP contribution in [0.4, 0.5) is 4.79 Å². The van der Waals surface area contributed by atoms with Crippen LogP contribution in [-0.2, 0) is 4.74 Å². The van der Waals surface area contributed by atoms with Crippen molar-refractivity contribution in [2.75, 3.05) is 6.54 Å². The van der Waals surface area contributed by atoms with Crippen molar-refractivity contribution in [3.05, 3.63) is 34.3 Å². The first-order chi connectivity index (χ1) is 10.1. The van der Waals surface area contributed by atoms with Crippen molar-refractivity contribution in [3.63, 3.8) is 0 Å². The Morgan fingerprint density at radius 2 is 2.09 bits per heavy atom. The zero-order chi connectivity index (χ0) is 16.9. The van der Waals surface area contributed by atoms with Gasteiger partial charge in [-0.3, -0.25) is 0 Å². The Morgan fingerprint density at radius 3 is 2.64 bits per heavy atom. The standard InChI is InChI=1S/C15H19ClN2O4/c1-15(2,3)22-14(21)18-8-12(19)13(20)10-6-9(7-17)4-5-11(10)16/h4-6,12-13,19-20H,8H2,1-3H3,(H,18,21). The number of nitrogens with zero attached hydrogens (tertiary/aromatic N) is 1. The molecule has 0 fully saturated rings. The lowest BCUT2D eigenvalue weighted by atomic mass is 10.0. The number of nitrogens with one attached hydrogen (secondary N) is 1. The molecule has 0 radical (unpaired) electrons. The third kappa shape index (κ3) is 5.53. The fourth-order valence-corrected chi connectivity index (χ4v) is 1.89. The summed E-state index contributed by atoms with van der Waals surface area (Å²) in [5.41, 5.74) is -0.122. The fourth-order valence-electron chi connectivity index (χ4n) is 1.66. The van der Waals surface area contributed by atoms with Crippen molar-refractivity contribution < 1.29 is 19.7 Å². The number of amides is 1. The second-order valence-corrected chi connectivity index (χ2v) is 6.15. The van der Waals surface area contributed by atoms with Gasteiger partial charge < -0.3 is 20.3 Å². The van der Waals surface area contributed by atoms with Crippen LogP contribution in [0.15, 0.2) is 18.2 Å². The molecule has 1 aromatic carbocycles. The summed E-state index contributed by atoms with van der Waals surface area (Å²) < 4.78 is 5.02. The van der Waals surface area contributed by atoms with Crippen LogP contribution >= 0.6 is 11.6 Å². The summed E-state index contributed by atoms with van der Waals surface area (Å²) in [5, 5.41) is 31.5. The van der Waals surface area contributed by atoms with E-state index in [2.05, 4.69) is 5.32 Å². The van der Waals surface area contributed by atoms with E-state index in [1.165, 1.54) is 18.2 Å². The number of carbonyl (C=O) groups is 1. The maximum absolute atomic E-state index is 11.5. The maximum atomic E-state index is 11.5. The number of aliphatic hydroxyl groups excluding tert-OH is 2. The van der Waals surface area contributed by atoms with Gasteiger partial charge in [-0.25, -0.2) is 4.79 Å². The van der Waals surface area contributed by atoms with E-state index in [1.807, 2.05) is 6.07 Å². The summed E-state index contributed by atoms with van der Waals surface area (Å²) in [5.74, 6) is 0. The SMILES string of the molecule is CC(C)(C)OC(=O)NCC(O)C(O)c1cc(C#N)ccc1Cl. The molecule has 0 aromatic heterocycles. The Bertz CT molecular complexity index is 578. The van der Waals surface area contributed by atoms with Crippen molar-refractivity contribution >= 4 is 17.7 Å². The number of carbonyl (C=O) groups excluding carboxylic acids is 1. The lowest BCUT2D eigenvalue weighted by Gasteiger charge is -2.22. The lowest BCUT2D eigenvalue weighted by Crippen LogP contribution is -2.38. The number of nitriles is 1. The molecule has 22 heavy (non-hydrogen) atoms. The Morgan fingerprint density at radius 1 is 1.45 bits per heavy atom. The number of hydrogen-bond donors (Lipinski definition) is 3. The number of ether oxygens (including phenoxy) is 1. The highest BCUT2D eigenvalue weighted by Gasteiger charge is 2.23. The molecular formula is C15H19ClN2O4. The van der Waals surface area contributed by atoms with E-state index in [1.54, 1.807) is 20.8 Å². The van der Waals surface area contributed by atoms with Crippen LogP contribution in [0.5, 0.6) is 0 Å². The summed E-state index contributed by atoms with van der Waals surface area (Å²) in [6.07, 6.45) is -3.33. The molecule has 2 atom stereocenters. The van der Waals surface area contributed by atoms with E-state index in [9.17, 15) is 15.0 Å². The van der Waals surface area contributed by atoms with E-state index in [4.69, 9.17) is 21.6 Å². The summed E-state index contributed by atoms with van der Waals surface area (Å²) in [6.45, 7) is 4.92. The average Bonchev–Trinajstić information content (AvgIpc) is 2.42. The summed E-state index contributed by atoms with van der Waals surface area (Å²) in [7, 11) is 0. The fraction of sp³-hybridized carbons (Fsp3) is 0.467. The van der Waals surface area contributed by atoms with Crippen molar-refractivity contribution in [3.8, 4) is 6.07 Å². The number of rotatable bonds is 4. The zero-order valence-corrected chi connectivity index (χ0v) is 13.4. The van der Waals surface area contributed by atoms with Gasteiger partial charge in [0.15, 0.2) is 0 Å². The predicted molar refractivity (Wildman–Crippen MR) is 81.4 cm³/mol. The van der Waals surface area contributed by atoms with Gasteiger partial charge in [0.05, 0.1) is 11.6 Å². The molecule has 1 aromatic rings. The highest BCUT2D eigenvalue weighted by Crippen LogP contribution is 2.26. The normalized spacial score (nSPS) is 13.9. The highest BCUT2D eigenvalue weighted by atomic mass is 35.5. The van der Waals surface area contributed by atoms with E-state index >= 15 is 0 Å². The van der Waals surface area contributed by atoms with E-state index < -0.39 is 23.9 Å². The molecule has 0 spiro atoms. The molecule has 0 heterocycles. The van der Waals surface area contributed by atoms with Gasteiger partial charge in [-0.15, -0.1) is 0 Å². The second kappa shape index (κ2) is 7.45. The van der Waals surface area contributed by atoms with Gasteiger partial charge in [0, 0.05) is 17.1 Å². The molecule has 0 bridgehead atoms. The molecular weight excluding hydrogens is 308 g/mol. The molecule has 6 nitrogen and oxygen atoms in total. The van der Waals surface area contributed by atoms with Crippen LogP contribution in [0.2, 0.25) is 5.02 Å². The Kier molecular flexibility index (Phi) is 6.18. The van der Waals surface area contributed by atoms with Crippen LogP contribution in [0.3, 0.4) is 0 Å². The van der Waals surface area contributed by atoms with Crippen molar-refractivity contribution in [1.29, 1.82) is 5.26 Å². The Labute approximate surface area is 134 Å². The molecule has 0 saturated carbocycles. The van der Waals surface area contributed by atoms with Crippen LogP contribution in [-0.4, -0.2) is 34.6 Å². The molecule has 1 amide bonds. The monoisotopic (exact) mass is 326 g/mol. The van der Waals surface area contributed by atoms with Crippen molar-refractivity contribution in [1.82, 2.24) is 5.32 Å². The van der Waals surface area contributed by atoms with Gasteiger partial charge in [0.25, 0.3) is 0 Å². The maximum Gasteiger partial charge on any atom is 0.407 e. The van der Waals surface area contributed by atoms with Gasteiger partial charge in [-0.1, -0.05) is 11.6 Å². The van der Waals surface area contributed by atoms with Gasteiger partial charge in [-0.05, 0) is 39.0 Å². The molecule has 7 heteroatoms. The number of alkyl carbamates (subject to hydrolysis) is 1. The first-order valence-electron chi connectivity index (χ1n) is 6.66. The van der Waals surface area contributed by atoms with Gasteiger partial charge >= 0.3 is 6.09 Å². The van der Waals surface area contributed by atoms with E-state index in [-0.39, 0.29) is 17.1 Å². The molecule has 3 N–H and O–H groups in total. The minimum atomic E-state index is -1.34. The smallest absolute Gasteiger partial charge is 0.407 e. The van der Waals surface area contributed by atoms with Crippen molar-refractivity contribution in [2.45, 2.75) is 38.6 Å². The minimum Gasteiger partial charge on any atom is -0.444 e. The molecule has 0 aliphatic rings. The molecule has 120 valence electrons. The lowest BCUT2D eigenvalue weighted by molar-refractivity contribution is 0.0130. The molecule has 0 aliphatic heterocycles. The predicted octanol–water partition coefficient (Wildman–Crippen LogP) is 2.13. The van der Waals surface area contributed by atoms with Crippen LogP contribution < -0.4 is 5.32 Å². The number of aliphatic hydroxyl groups is 2. The summed E-state index contributed by atoms with van der Waals surface area (Å²) in [6, 6.07) is 6.28. The van der Waals surface area contributed by atoms with Crippen LogP contribution in [0.25, 0.3) is 0 Å². The third-order valence-electron chi connectivity index (χ3n) is 2.66. The van der Waals surface area contributed by atoms with Crippen LogP contribution in [0.1, 0.15) is 38.0 Å². The Balaban J connectivity index is 2.68. The summed E-state index contributed by atoms with van der Waals surface area (Å²) >= 11 is 5.95. The largest absolute Gasteiger partial charge is 0.444 e. The first kappa shape index (κ1) is 18.2. The summed E-state index contributed by atoms with van der Waals surface area (Å²) in [4.78, 5) is 11.5. The minimum absolute atomic E-state index is 0.219. The zero-order valence-electron chi connectivity index (χ0n) is 12.6. The number of halogens is 1. The van der Waals surface area contributed by atoms with E-state index in [0.29, 0.717) is 5.56 Å². The van der Waals surface area contributed by atoms with Crippen molar-refractivity contribution in [2.24, 2.45) is 0 Å². The molecule has 0 saturated heterocycles. The van der Waals surface area contributed by atoms with Crippen LogP contribution in [0, 0.1) is 11.3 Å². The van der Waals surface area contributed by atoms with E-state index in [0.717, 1.165) is 0 Å². The third-order valence-corrected chi connectivity index (χ3v) is 3.01. The second-order valence-electron chi connectivity index (χ2n) is 5.74. The van der Waals surface area contributed by atoms with Gasteiger partial charge in [0.1, 0.15) is 17.8 Å². The molecule has 0 aliphatic carbocycles. The van der Waals surface area contributed by atoms with Gasteiger partial charge in [0.2, 0.25) is 0 Å². The highest BCUT2D eigenvalue weighted by molar-refractivity contribution is 6.31. The quantitative estimate of drug-likeness (QED) is 0.786. The topological polar surface area (TPSA) is 103 Å². The molecule has 1 rings (SSSR count). The number of benzene rings is 1. The first-order valence-corrected chi connectivity index (χ1v) is 7.04. The molecule has 2 unspecified atom stereocenters. The average molecular weight is 327 g/mol.